The van der Waals surface area contributed by atoms with Crippen molar-refractivity contribution in [1.29, 1.82) is 0 Å². The first-order chi connectivity index (χ1) is 5.89. The average Bonchev–Trinajstić information content (AvgIpc) is 2.33. The number of thiophene rings is 1. The Balaban J connectivity index is 2.60. The fourth-order valence-electron chi connectivity index (χ4n) is 0.984. The quantitative estimate of drug-likeness (QED) is 0.808. The molecule has 1 unspecified atom stereocenters. The maximum atomic E-state index is 6.06. The Kier molecular flexibility index (Phi) is 3.38. The third-order valence-corrected chi connectivity index (χ3v) is 3.42. The molecule has 1 aromatic heterocycles. The summed E-state index contributed by atoms with van der Waals surface area (Å²) in [4.78, 5) is 1.27. The van der Waals surface area contributed by atoms with Crippen molar-refractivity contribution in [1.82, 2.24) is 0 Å². The summed E-state index contributed by atoms with van der Waals surface area (Å²) >= 11 is 7.45. The summed E-state index contributed by atoms with van der Waals surface area (Å²) in [5, 5.41) is 0. The molecule has 0 amide bonds. The molecule has 1 atom stereocenters. The van der Waals surface area contributed by atoms with E-state index in [9.17, 15) is 0 Å². The smallest absolute Gasteiger partial charge is 0.0931 e. The van der Waals surface area contributed by atoms with Gasteiger partial charge in [0.05, 0.1) is 4.34 Å². The molecule has 0 aliphatic rings. The molecule has 0 fully saturated rings. The summed E-state index contributed by atoms with van der Waals surface area (Å²) in [6.07, 6.45) is 0.918. The zero-order valence-corrected chi connectivity index (χ0v) is 9.88. The highest BCUT2D eigenvalue weighted by Gasteiger charge is 2.21. The van der Waals surface area contributed by atoms with Crippen molar-refractivity contribution in [3.8, 4) is 0 Å². The SMILES string of the molecule is CC(C)(C)C(N)Cc1ccc(Cl)s1. The van der Waals surface area contributed by atoms with Gasteiger partial charge in [-0.25, -0.2) is 0 Å². The third kappa shape index (κ3) is 3.29. The second-order valence-corrected chi connectivity index (χ2v) is 6.18. The Labute approximate surface area is 88.9 Å². The molecular formula is C10H16ClNS. The monoisotopic (exact) mass is 217 g/mol. The Morgan fingerprint density at radius 3 is 2.46 bits per heavy atom. The Morgan fingerprint density at radius 2 is 2.08 bits per heavy atom. The normalized spacial score (nSPS) is 14.5. The van der Waals surface area contributed by atoms with Crippen molar-refractivity contribution in [3.63, 3.8) is 0 Å². The van der Waals surface area contributed by atoms with Crippen LogP contribution < -0.4 is 5.73 Å². The molecule has 13 heavy (non-hydrogen) atoms. The van der Waals surface area contributed by atoms with Crippen LogP contribution in [0.3, 0.4) is 0 Å². The highest BCUT2D eigenvalue weighted by atomic mass is 35.5. The van der Waals surface area contributed by atoms with E-state index in [-0.39, 0.29) is 11.5 Å². The van der Waals surface area contributed by atoms with Crippen LogP contribution in [0.5, 0.6) is 0 Å². The van der Waals surface area contributed by atoms with Crippen molar-refractivity contribution in [2.24, 2.45) is 11.1 Å². The van der Waals surface area contributed by atoms with Crippen LogP contribution in [0.25, 0.3) is 0 Å². The molecule has 1 rings (SSSR count). The number of halogens is 1. The molecule has 2 N–H and O–H groups in total. The van der Waals surface area contributed by atoms with Gasteiger partial charge in [-0.05, 0) is 24.0 Å². The van der Waals surface area contributed by atoms with Crippen LogP contribution in [0.15, 0.2) is 12.1 Å². The predicted molar refractivity (Wildman–Crippen MR) is 60.5 cm³/mol. The Hall–Kier alpha value is -0.0500. The lowest BCUT2D eigenvalue weighted by Crippen LogP contribution is -2.36. The van der Waals surface area contributed by atoms with E-state index in [0.29, 0.717) is 0 Å². The molecular weight excluding hydrogens is 202 g/mol. The molecule has 0 spiro atoms. The largest absolute Gasteiger partial charge is 0.327 e. The first-order valence-corrected chi connectivity index (χ1v) is 5.59. The molecule has 0 aromatic carbocycles. The van der Waals surface area contributed by atoms with Crippen molar-refractivity contribution in [2.45, 2.75) is 33.2 Å². The molecule has 0 saturated carbocycles. The molecule has 0 bridgehead atoms. The highest BCUT2D eigenvalue weighted by Crippen LogP contribution is 2.26. The highest BCUT2D eigenvalue weighted by molar-refractivity contribution is 7.16. The third-order valence-electron chi connectivity index (χ3n) is 2.16. The van der Waals surface area contributed by atoms with Crippen LogP contribution in [-0.4, -0.2) is 6.04 Å². The summed E-state index contributed by atoms with van der Waals surface area (Å²) < 4.78 is 0.844. The fourth-order valence-corrected chi connectivity index (χ4v) is 2.13. The van der Waals surface area contributed by atoms with Gasteiger partial charge in [-0.2, -0.15) is 0 Å². The second kappa shape index (κ2) is 3.99. The first kappa shape index (κ1) is 11.0. The van der Waals surface area contributed by atoms with Gasteiger partial charge in [0, 0.05) is 10.9 Å². The maximum Gasteiger partial charge on any atom is 0.0931 e. The van der Waals surface area contributed by atoms with Gasteiger partial charge in [0.2, 0.25) is 0 Å². The second-order valence-electron chi connectivity index (χ2n) is 4.38. The summed E-state index contributed by atoms with van der Waals surface area (Å²) in [6.45, 7) is 6.48. The van der Waals surface area contributed by atoms with E-state index in [1.807, 2.05) is 6.07 Å². The average molecular weight is 218 g/mol. The van der Waals surface area contributed by atoms with Gasteiger partial charge in [0.25, 0.3) is 0 Å². The van der Waals surface area contributed by atoms with Crippen LogP contribution in [0.4, 0.5) is 0 Å². The molecule has 3 heteroatoms. The van der Waals surface area contributed by atoms with Crippen LogP contribution >= 0.6 is 22.9 Å². The van der Waals surface area contributed by atoms with Gasteiger partial charge in [-0.15, -0.1) is 11.3 Å². The summed E-state index contributed by atoms with van der Waals surface area (Å²) in [5.41, 5.74) is 6.22. The van der Waals surface area contributed by atoms with Crippen molar-refractivity contribution in [3.05, 3.63) is 21.3 Å². The number of nitrogens with two attached hydrogens (primary N) is 1. The minimum absolute atomic E-state index is 0.163. The summed E-state index contributed by atoms with van der Waals surface area (Å²) in [5.74, 6) is 0. The van der Waals surface area contributed by atoms with Gasteiger partial charge in [0.1, 0.15) is 0 Å². The van der Waals surface area contributed by atoms with E-state index in [1.54, 1.807) is 11.3 Å². The van der Waals surface area contributed by atoms with E-state index in [1.165, 1.54) is 4.88 Å². The first-order valence-electron chi connectivity index (χ1n) is 4.39. The fraction of sp³-hybridized carbons (Fsp3) is 0.600. The van der Waals surface area contributed by atoms with Gasteiger partial charge < -0.3 is 5.73 Å². The zero-order chi connectivity index (χ0) is 10.1. The van der Waals surface area contributed by atoms with E-state index < -0.39 is 0 Å². The Morgan fingerprint density at radius 1 is 1.46 bits per heavy atom. The van der Waals surface area contributed by atoms with Crippen LogP contribution in [0.1, 0.15) is 25.6 Å². The minimum Gasteiger partial charge on any atom is -0.327 e. The van der Waals surface area contributed by atoms with Crippen molar-refractivity contribution >= 4 is 22.9 Å². The lowest BCUT2D eigenvalue weighted by atomic mass is 9.85. The molecule has 0 radical (unpaired) electrons. The Bertz CT molecular complexity index is 275. The molecule has 1 nitrogen and oxygen atoms in total. The van der Waals surface area contributed by atoms with Gasteiger partial charge in [0.15, 0.2) is 0 Å². The topological polar surface area (TPSA) is 26.0 Å². The number of hydrogen-bond acceptors (Lipinski definition) is 2. The van der Waals surface area contributed by atoms with Gasteiger partial charge >= 0.3 is 0 Å². The zero-order valence-electron chi connectivity index (χ0n) is 8.30. The lowest BCUT2D eigenvalue weighted by Gasteiger charge is -2.26. The van der Waals surface area contributed by atoms with Crippen molar-refractivity contribution < 1.29 is 0 Å². The molecule has 74 valence electrons. The standard InChI is InChI=1S/C10H16ClNS/c1-10(2,3)8(12)6-7-4-5-9(11)13-7/h4-5,8H,6,12H2,1-3H3. The summed E-state index contributed by atoms with van der Waals surface area (Å²) in [6, 6.07) is 4.18. The van der Waals surface area contributed by atoms with E-state index in [0.717, 1.165) is 10.8 Å². The molecule has 0 aliphatic heterocycles. The van der Waals surface area contributed by atoms with Crippen LogP contribution in [0.2, 0.25) is 4.34 Å². The summed E-state index contributed by atoms with van der Waals surface area (Å²) in [7, 11) is 0. The van der Waals surface area contributed by atoms with Crippen LogP contribution in [-0.2, 0) is 6.42 Å². The molecule has 1 heterocycles. The predicted octanol–water partition coefficient (Wildman–Crippen LogP) is 3.32. The number of hydrogen-bond donors (Lipinski definition) is 1. The lowest BCUT2D eigenvalue weighted by molar-refractivity contribution is 0.320. The molecule has 0 saturated heterocycles. The van der Waals surface area contributed by atoms with Gasteiger partial charge in [-0.3, -0.25) is 0 Å². The maximum absolute atomic E-state index is 6.06. The molecule has 0 aliphatic carbocycles. The van der Waals surface area contributed by atoms with E-state index in [2.05, 4.69) is 26.8 Å². The van der Waals surface area contributed by atoms with Gasteiger partial charge in [-0.1, -0.05) is 32.4 Å². The van der Waals surface area contributed by atoms with Crippen molar-refractivity contribution in [2.75, 3.05) is 0 Å². The number of rotatable bonds is 2. The van der Waals surface area contributed by atoms with E-state index in [4.69, 9.17) is 17.3 Å². The van der Waals surface area contributed by atoms with Crippen LogP contribution in [0, 0.1) is 5.41 Å². The molecule has 1 aromatic rings. The minimum atomic E-state index is 0.163. The van der Waals surface area contributed by atoms with E-state index >= 15 is 0 Å².